The van der Waals surface area contributed by atoms with Gasteiger partial charge in [-0.05, 0) is 37.8 Å². The molecule has 2 aromatic heterocycles. The maximum atomic E-state index is 12.8. The topological polar surface area (TPSA) is 82.1 Å². The van der Waals surface area contributed by atoms with Crippen molar-refractivity contribution in [3.63, 3.8) is 0 Å². The van der Waals surface area contributed by atoms with Crippen LogP contribution >= 0.6 is 0 Å². The summed E-state index contributed by atoms with van der Waals surface area (Å²) in [6.07, 6.45) is 11.6. The van der Waals surface area contributed by atoms with Gasteiger partial charge in [-0.15, -0.1) is 0 Å². The largest absolute Gasteiger partial charge is 0.370 e. The second kappa shape index (κ2) is 10.9. The first-order chi connectivity index (χ1) is 16.9. The SMILES string of the molecule is CC(CCn1cnc2c1c(=O)n(C)c(=O)n2C)N(/C=C/C(=O)C1CCCCC1)Cc1ccccc1. The van der Waals surface area contributed by atoms with Crippen molar-refractivity contribution in [1.29, 1.82) is 0 Å². The van der Waals surface area contributed by atoms with Crippen LogP contribution in [0.25, 0.3) is 11.2 Å². The molecule has 1 saturated carbocycles. The Balaban J connectivity index is 1.52. The zero-order valence-electron chi connectivity index (χ0n) is 20.9. The molecule has 0 amide bonds. The second-order valence-corrected chi connectivity index (χ2v) is 9.66. The number of ketones is 1. The maximum Gasteiger partial charge on any atom is 0.332 e. The highest BCUT2D eigenvalue weighted by Crippen LogP contribution is 2.25. The first-order valence-corrected chi connectivity index (χ1v) is 12.5. The molecule has 3 aromatic rings. The highest BCUT2D eigenvalue weighted by Gasteiger charge is 2.20. The molecule has 35 heavy (non-hydrogen) atoms. The van der Waals surface area contributed by atoms with Gasteiger partial charge in [0.2, 0.25) is 0 Å². The molecule has 0 radical (unpaired) electrons. The fraction of sp³-hybridized carbons (Fsp3) is 0.481. The number of hydrogen-bond acceptors (Lipinski definition) is 5. The molecule has 0 aliphatic heterocycles. The Hall–Kier alpha value is -3.42. The van der Waals surface area contributed by atoms with E-state index in [4.69, 9.17) is 0 Å². The van der Waals surface area contributed by atoms with E-state index in [1.807, 2.05) is 29.0 Å². The number of aromatic nitrogens is 4. The Morgan fingerprint density at radius 1 is 1.11 bits per heavy atom. The Labute approximate surface area is 205 Å². The van der Waals surface area contributed by atoms with Crippen LogP contribution in [0, 0.1) is 5.92 Å². The summed E-state index contributed by atoms with van der Waals surface area (Å²) in [6.45, 7) is 3.39. The Kier molecular flexibility index (Phi) is 7.68. The van der Waals surface area contributed by atoms with Gasteiger partial charge in [-0.3, -0.25) is 18.7 Å². The van der Waals surface area contributed by atoms with Gasteiger partial charge in [0.25, 0.3) is 5.56 Å². The highest BCUT2D eigenvalue weighted by atomic mass is 16.2. The summed E-state index contributed by atoms with van der Waals surface area (Å²) in [5.74, 6) is 0.369. The van der Waals surface area contributed by atoms with Gasteiger partial charge in [-0.2, -0.15) is 0 Å². The lowest BCUT2D eigenvalue weighted by molar-refractivity contribution is -0.119. The third-order valence-electron chi connectivity index (χ3n) is 7.22. The average molecular weight is 478 g/mol. The van der Waals surface area contributed by atoms with Gasteiger partial charge < -0.3 is 9.47 Å². The van der Waals surface area contributed by atoms with E-state index in [0.717, 1.165) is 36.7 Å². The van der Waals surface area contributed by atoms with E-state index < -0.39 is 0 Å². The second-order valence-electron chi connectivity index (χ2n) is 9.66. The van der Waals surface area contributed by atoms with Gasteiger partial charge in [-0.1, -0.05) is 49.6 Å². The molecule has 8 heteroatoms. The van der Waals surface area contributed by atoms with Gasteiger partial charge >= 0.3 is 5.69 Å². The monoisotopic (exact) mass is 477 g/mol. The molecule has 186 valence electrons. The maximum absolute atomic E-state index is 12.8. The molecule has 1 unspecified atom stereocenters. The number of nitrogens with zero attached hydrogens (tertiary/aromatic N) is 5. The molecule has 2 heterocycles. The van der Waals surface area contributed by atoms with Gasteiger partial charge in [0.05, 0.1) is 6.33 Å². The first-order valence-electron chi connectivity index (χ1n) is 12.5. The Bertz CT molecular complexity index is 1310. The fourth-order valence-electron chi connectivity index (χ4n) is 4.90. The number of allylic oxidation sites excluding steroid dienone is 1. The molecule has 4 rings (SSSR count). The summed E-state index contributed by atoms with van der Waals surface area (Å²) < 4.78 is 4.34. The molecule has 0 spiro atoms. The molecular weight excluding hydrogens is 442 g/mol. The fourth-order valence-corrected chi connectivity index (χ4v) is 4.90. The minimum absolute atomic E-state index is 0.111. The molecular formula is C27H35N5O3. The molecule has 8 nitrogen and oxygen atoms in total. The third kappa shape index (κ3) is 5.47. The minimum Gasteiger partial charge on any atom is -0.370 e. The van der Waals surface area contributed by atoms with Crippen molar-refractivity contribution >= 4 is 16.9 Å². The zero-order chi connectivity index (χ0) is 24.9. The number of aryl methyl sites for hydroxylation is 2. The summed E-state index contributed by atoms with van der Waals surface area (Å²) in [5.41, 5.74) is 1.27. The number of imidazole rings is 1. The molecule has 1 aliphatic carbocycles. The van der Waals surface area contributed by atoms with Crippen LogP contribution in [-0.2, 0) is 32.0 Å². The van der Waals surface area contributed by atoms with E-state index in [0.29, 0.717) is 24.3 Å². The highest BCUT2D eigenvalue weighted by molar-refractivity contribution is 5.91. The number of rotatable bonds is 9. The van der Waals surface area contributed by atoms with Crippen molar-refractivity contribution in [2.24, 2.45) is 20.0 Å². The van der Waals surface area contributed by atoms with Gasteiger partial charge in [-0.25, -0.2) is 9.78 Å². The molecule has 0 N–H and O–H groups in total. The lowest BCUT2D eigenvalue weighted by Gasteiger charge is -2.28. The number of carbonyl (C=O) groups excluding carboxylic acids is 1. The summed E-state index contributed by atoms with van der Waals surface area (Å²) >= 11 is 0. The normalized spacial score (nSPS) is 15.6. The number of fused-ring (bicyclic) bond motifs is 1. The molecule has 1 aromatic carbocycles. The van der Waals surface area contributed by atoms with E-state index in [9.17, 15) is 14.4 Å². The predicted octanol–water partition coefficient (Wildman–Crippen LogP) is 3.38. The minimum atomic E-state index is -0.386. The van der Waals surface area contributed by atoms with Crippen molar-refractivity contribution in [2.45, 2.75) is 64.6 Å². The van der Waals surface area contributed by atoms with Crippen LogP contribution in [0.5, 0.6) is 0 Å². The quantitative estimate of drug-likeness (QED) is 0.441. The molecule has 0 bridgehead atoms. The van der Waals surface area contributed by atoms with Crippen LogP contribution < -0.4 is 11.2 Å². The third-order valence-corrected chi connectivity index (χ3v) is 7.22. The average Bonchev–Trinajstić information content (AvgIpc) is 3.32. The summed E-state index contributed by atoms with van der Waals surface area (Å²) in [5, 5.41) is 0. The Morgan fingerprint density at radius 3 is 2.54 bits per heavy atom. The van der Waals surface area contributed by atoms with Crippen LogP contribution in [0.4, 0.5) is 0 Å². The van der Waals surface area contributed by atoms with Crippen LogP contribution in [-0.4, -0.2) is 35.4 Å². The standard InChI is InChI=1S/C27H35N5O3/c1-20(14-16-32-19-28-25-24(32)26(34)30(3)27(35)29(25)2)31(18-21-10-6-4-7-11-21)17-15-23(33)22-12-8-5-9-13-22/h4,6-7,10-11,15,17,19-20,22H,5,8-9,12-14,16,18H2,1-3H3/b17-15+. The van der Waals surface area contributed by atoms with E-state index in [1.54, 1.807) is 19.5 Å². The van der Waals surface area contributed by atoms with Gasteiger partial charge in [0, 0.05) is 45.3 Å². The lowest BCUT2D eigenvalue weighted by atomic mass is 9.86. The van der Waals surface area contributed by atoms with Crippen LogP contribution in [0.2, 0.25) is 0 Å². The van der Waals surface area contributed by atoms with Crippen LogP contribution in [0.3, 0.4) is 0 Å². The van der Waals surface area contributed by atoms with E-state index in [-0.39, 0.29) is 29.0 Å². The summed E-state index contributed by atoms with van der Waals surface area (Å²) in [7, 11) is 3.11. The zero-order valence-corrected chi connectivity index (χ0v) is 20.9. The van der Waals surface area contributed by atoms with Crippen LogP contribution in [0.15, 0.2) is 58.5 Å². The van der Waals surface area contributed by atoms with Crippen molar-refractivity contribution in [3.05, 3.63) is 75.3 Å². The molecule has 0 saturated heterocycles. The Morgan fingerprint density at radius 2 is 1.83 bits per heavy atom. The summed E-state index contributed by atoms with van der Waals surface area (Å²) in [6, 6.07) is 10.3. The van der Waals surface area contributed by atoms with Crippen molar-refractivity contribution in [3.8, 4) is 0 Å². The van der Waals surface area contributed by atoms with Gasteiger partial charge in [0.1, 0.15) is 0 Å². The van der Waals surface area contributed by atoms with Crippen molar-refractivity contribution < 1.29 is 4.79 Å². The van der Waals surface area contributed by atoms with Gasteiger partial charge in [0.15, 0.2) is 16.9 Å². The van der Waals surface area contributed by atoms with E-state index >= 15 is 0 Å². The smallest absolute Gasteiger partial charge is 0.332 e. The number of hydrogen-bond donors (Lipinski definition) is 0. The number of carbonyl (C=O) groups is 1. The molecule has 1 fully saturated rings. The molecule has 1 atom stereocenters. The molecule has 1 aliphatic rings. The van der Waals surface area contributed by atoms with Crippen molar-refractivity contribution in [2.75, 3.05) is 0 Å². The van der Waals surface area contributed by atoms with Crippen molar-refractivity contribution in [1.82, 2.24) is 23.6 Å². The predicted molar refractivity (Wildman–Crippen MR) is 137 cm³/mol. The first kappa shape index (κ1) is 24.7. The summed E-state index contributed by atoms with van der Waals surface area (Å²) in [4.78, 5) is 44.3. The van der Waals surface area contributed by atoms with E-state index in [1.165, 1.54) is 23.6 Å². The number of benzene rings is 1. The van der Waals surface area contributed by atoms with Crippen LogP contribution in [0.1, 0.15) is 51.0 Å². The lowest BCUT2D eigenvalue weighted by Crippen LogP contribution is -2.37. The van der Waals surface area contributed by atoms with E-state index in [2.05, 4.69) is 28.9 Å².